The lowest BCUT2D eigenvalue weighted by atomic mass is 9.96. The molecule has 0 spiro atoms. The summed E-state index contributed by atoms with van der Waals surface area (Å²) in [5, 5.41) is 2.86. The molecule has 3 rings (SSSR count). The third-order valence-corrected chi connectivity index (χ3v) is 7.89. The van der Waals surface area contributed by atoms with Gasteiger partial charge < -0.3 is 10.1 Å². The van der Waals surface area contributed by atoms with E-state index in [0.29, 0.717) is 18.0 Å². The van der Waals surface area contributed by atoms with Gasteiger partial charge in [-0.3, -0.25) is 4.79 Å². The van der Waals surface area contributed by atoms with Crippen molar-refractivity contribution in [1.29, 1.82) is 0 Å². The minimum Gasteiger partial charge on any atom is -0.480 e. The average Bonchev–Trinajstić information content (AvgIpc) is 2.83. The molecule has 2 unspecified atom stereocenters. The minimum atomic E-state index is -3.57. The van der Waals surface area contributed by atoms with Gasteiger partial charge in [-0.15, -0.1) is 0 Å². The van der Waals surface area contributed by atoms with Crippen LogP contribution in [-0.2, 0) is 14.8 Å². The molecule has 0 bridgehead atoms. The summed E-state index contributed by atoms with van der Waals surface area (Å²) in [7, 11) is -3.57. The highest BCUT2D eigenvalue weighted by atomic mass is 32.2. The topological polar surface area (TPSA) is 84.5 Å². The number of amides is 1. The van der Waals surface area contributed by atoms with E-state index in [-0.39, 0.29) is 16.8 Å². The number of nitrogens with one attached hydrogen (secondary N) is 2. The predicted molar refractivity (Wildman–Crippen MR) is 132 cm³/mol. The van der Waals surface area contributed by atoms with Crippen LogP contribution in [-0.4, -0.2) is 26.5 Å². The Hall–Kier alpha value is -2.38. The van der Waals surface area contributed by atoms with Gasteiger partial charge in [0.15, 0.2) is 6.10 Å². The van der Waals surface area contributed by atoms with Crippen LogP contribution in [0.5, 0.6) is 5.75 Å². The van der Waals surface area contributed by atoms with Gasteiger partial charge in [-0.25, -0.2) is 13.1 Å². The number of benzene rings is 2. The highest BCUT2D eigenvalue weighted by Gasteiger charge is 2.23. The molecule has 2 aromatic rings. The summed E-state index contributed by atoms with van der Waals surface area (Å²) in [5.74, 6) is 0.801. The lowest BCUT2D eigenvalue weighted by Gasteiger charge is -2.22. The Labute approximate surface area is 198 Å². The van der Waals surface area contributed by atoms with E-state index in [1.807, 2.05) is 31.2 Å². The predicted octanol–water partition coefficient (Wildman–Crippen LogP) is 5.61. The van der Waals surface area contributed by atoms with Gasteiger partial charge in [0, 0.05) is 11.7 Å². The van der Waals surface area contributed by atoms with Crippen LogP contribution in [0.3, 0.4) is 0 Å². The van der Waals surface area contributed by atoms with Crippen LogP contribution in [0.4, 0.5) is 5.69 Å². The van der Waals surface area contributed by atoms with Crippen molar-refractivity contribution in [2.45, 2.75) is 88.7 Å². The first-order chi connectivity index (χ1) is 15.8. The van der Waals surface area contributed by atoms with Gasteiger partial charge in [0.25, 0.3) is 5.91 Å². The third-order valence-electron chi connectivity index (χ3n) is 6.35. The number of hydrogen-bond acceptors (Lipinski definition) is 4. The molecule has 180 valence electrons. The second kappa shape index (κ2) is 11.7. The van der Waals surface area contributed by atoms with Crippen LogP contribution in [0.25, 0.3) is 0 Å². The standard InChI is InChI=1S/C26H36N2O4S/c1-4-19(3)23-13-9-10-14-25(23)32-24(5-2)26(29)27-20-15-17-22(18-16-20)33(30,31)28-21-11-7-6-8-12-21/h9-10,13-19,21,24,28H,4-8,11-12H2,1-3H3,(H,27,29). The molecule has 6 nitrogen and oxygen atoms in total. The quantitative estimate of drug-likeness (QED) is 0.471. The molecule has 0 heterocycles. The van der Waals surface area contributed by atoms with Crippen molar-refractivity contribution in [2.75, 3.05) is 5.32 Å². The zero-order valence-electron chi connectivity index (χ0n) is 19.8. The summed E-state index contributed by atoms with van der Waals surface area (Å²) in [6.45, 7) is 6.17. The molecule has 2 aromatic carbocycles. The van der Waals surface area contributed by atoms with Crippen LogP contribution >= 0.6 is 0 Å². The SMILES string of the molecule is CCC(Oc1ccccc1C(C)CC)C(=O)Nc1ccc(S(=O)(=O)NC2CCCCC2)cc1. The van der Waals surface area contributed by atoms with Crippen molar-refractivity contribution in [3.8, 4) is 5.75 Å². The Kier molecular flexibility index (Phi) is 8.92. The van der Waals surface area contributed by atoms with Crippen molar-refractivity contribution < 1.29 is 17.9 Å². The number of hydrogen-bond donors (Lipinski definition) is 2. The molecule has 0 radical (unpaired) electrons. The fourth-order valence-electron chi connectivity index (χ4n) is 4.14. The largest absolute Gasteiger partial charge is 0.480 e. The van der Waals surface area contributed by atoms with E-state index < -0.39 is 16.1 Å². The molecule has 1 fully saturated rings. The zero-order valence-corrected chi connectivity index (χ0v) is 20.7. The van der Waals surface area contributed by atoms with Crippen LogP contribution < -0.4 is 14.8 Å². The van der Waals surface area contributed by atoms with Crippen molar-refractivity contribution in [3.63, 3.8) is 0 Å². The number of ether oxygens (including phenoxy) is 1. The molecule has 33 heavy (non-hydrogen) atoms. The molecular formula is C26H36N2O4S. The van der Waals surface area contributed by atoms with Crippen molar-refractivity contribution in [2.24, 2.45) is 0 Å². The van der Waals surface area contributed by atoms with Gasteiger partial charge in [-0.1, -0.05) is 58.2 Å². The molecule has 1 aliphatic rings. The van der Waals surface area contributed by atoms with Crippen molar-refractivity contribution >= 4 is 21.6 Å². The number of sulfonamides is 1. The highest BCUT2D eigenvalue weighted by molar-refractivity contribution is 7.89. The first-order valence-electron chi connectivity index (χ1n) is 12.0. The first-order valence-corrected chi connectivity index (χ1v) is 13.5. The summed E-state index contributed by atoms with van der Waals surface area (Å²) < 4.78 is 34.3. The van der Waals surface area contributed by atoms with Gasteiger partial charge in [-0.2, -0.15) is 0 Å². The normalized spacial score (nSPS) is 16.7. The molecule has 1 saturated carbocycles. The number of carbonyl (C=O) groups is 1. The van der Waals surface area contributed by atoms with Crippen molar-refractivity contribution in [1.82, 2.24) is 4.72 Å². The zero-order chi connectivity index (χ0) is 23.8. The van der Waals surface area contributed by atoms with Gasteiger partial charge >= 0.3 is 0 Å². The molecule has 1 amide bonds. The van der Waals surface area contributed by atoms with Crippen LogP contribution in [0.2, 0.25) is 0 Å². The van der Waals surface area contributed by atoms with E-state index in [0.717, 1.165) is 49.8 Å². The summed E-state index contributed by atoms with van der Waals surface area (Å²) >= 11 is 0. The number of para-hydroxylation sites is 1. The summed E-state index contributed by atoms with van der Waals surface area (Å²) in [6, 6.07) is 14.1. The van der Waals surface area contributed by atoms with E-state index >= 15 is 0 Å². The van der Waals surface area contributed by atoms with E-state index in [9.17, 15) is 13.2 Å². The maximum atomic E-state index is 12.9. The molecular weight excluding hydrogens is 436 g/mol. The lowest BCUT2D eigenvalue weighted by Crippen LogP contribution is -2.36. The summed E-state index contributed by atoms with van der Waals surface area (Å²) in [4.78, 5) is 13.1. The number of carbonyl (C=O) groups excluding carboxylic acids is 1. The highest BCUT2D eigenvalue weighted by Crippen LogP contribution is 2.29. The Bertz CT molecular complexity index is 1010. The van der Waals surface area contributed by atoms with E-state index in [4.69, 9.17) is 4.74 Å². The molecule has 0 saturated heterocycles. The Balaban J connectivity index is 1.64. The molecule has 7 heteroatoms. The minimum absolute atomic E-state index is 0.00361. The number of rotatable bonds is 10. The fraction of sp³-hybridized carbons (Fsp3) is 0.500. The van der Waals surface area contributed by atoms with Crippen LogP contribution in [0, 0.1) is 0 Å². The van der Waals surface area contributed by atoms with Gasteiger partial charge in [0.1, 0.15) is 5.75 Å². The van der Waals surface area contributed by atoms with Crippen molar-refractivity contribution in [3.05, 3.63) is 54.1 Å². The Morgan fingerprint density at radius 1 is 1.00 bits per heavy atom. The Morgan fingerprint density at radius 2 is 1.67 bits per heavy atom. The van der Waals surface area contributed by atoms with Gasteiger partial charge in [0.05, 0.1) is 4.90 Å². The smallest absolute Gasteiger partial charge is 0.265 e. The molecule has 1 aliphatic carbocycles. The molecule has 0 aliphatic heterocycles. The van der Waals surface area contributed by atoms with E-state index in [1.54, 1.807) is 12.1 Å². The van der Waals surface area contributed by atoms with E-state index in [2.05, 4.69) is 23.9 Å². The van der Waals surface area contributed by atoms with Gasteiger partial charge in [-0.05, 0) is 67.5 Å². The monoisotopic (exact) mass is 472 g/mol. The first kappa shape index (κ1) is 25.2. The fourth-order valence-corrected chi connectivity index (χ4v) is 5.44. The average molecular weight is 473 g/mol. The summed E-state index contributed by atoms with van der Waals surface area (Å²) in [6.07, 6.45) is 5.89. The molecule has 2 N–H and O–H groups in total. The van der Waals surface area contributed by atoms with E-state index in [1.165, 1.54) is 12.1 Å². The number of anilines is 1. The third kappa shape index (κ3) is 6.81. The Morgan fingerprint density at radius 3 is 2.30 bits per heavy atom. The van der Waals surface area contributed by atoms with Crippen LogP contribution in [0.15, 0.2) is 53.4 Å². The molecule has 0 aromatic heterocycles. The maximum Gasteiger partial charge on any atom is 0.265 e. The molecule has 2 atom stereocenters. The van der Waals surface area contributed by atoms with Crippen LogP contribution in [0.1, 0.15) is 77.2 Å². The lowest BCUT2D eigenvalue weighted by molar-refractivity contribution is -0.122. The van der Waals surface area contributed by atoms with Gasteiger partial charge in [0.2, 0.25) is 10.0 Å². The maximum absolute atomic E-state index is 12.9. The second-order valence-corrected chi connectivity index (χ2v) is 10.5. The second-order valence-electron chi connectivity index (χ2n) is 8.83. The summed E-state index contributed by atoms with van der Waals surface area (Å²) in [5.41, 5.74) is 1.63.